The molecule has 28 heavy (non-hydrogen) atoms. The molecule has 1 fully saturated rings. The number of nitrogens with zero attached hydrogens (tertiary/aromatic N) is 1. The van der Waals surface area contributed by atoms with Gasteiger partial charge in [-0.25, -0.2) is 0 Å². The van der Waals surface area contributed by atoms with E-state index in [9.17, 15) is 14.4 Å². The molecule has 3 rings (SSSR count). The predicted octanol–water partition coefficient (Wildman–Crippen LogP) is 3.44. The highest BCUT2D eigenvalue weighted by Gasteiger charge is 2.21. The summed E-state index contributed by atoms with van der Waals surface area (Å²) in [5, 5.41) is 5.43. The molecule has 0 radical (unpaired) electrons. The normalized spacial score (nSPS) is 13.8. The smallest absolute Gasteiger partial charge is 0.314 e. The molecule has 7 nitrogen and oxygen atoms in total. The molecule has 0 spiro atoms. The third kappa shape index (κ3) is 4.61. The fourth-order valence-corrected chi connectivity index (χ4v) is 3.15. The van der Waals surface area contributed by atoms with E-state index in [1.807, 2.05) is 0 Å². The van der Waals surface area contributed by atoms with Crippen LogP contribution in [0, 0.1) is 0 Å². The van der Waals surface area contributed by atoms with Crippen molar-refractivity contribution in [1.82, 2.24) is 0 Å². The van der Waals surface area contributed by atoms with Crippen LogP contribution in [0.1, 0.15) is 19.3 Å². The van der Waals surface area contributed by atoms with Crippen molar-refractivity contribution in [2.75, 3.05) is 29.2 Å². The molecule has 0 bridgehead atoms. The maximum absolute atomic E-state index is 12.3. The van der Waals surface area contributed by atoms with Crippen LogP contribution < -0.4 is 20.3 Å². The number of hydrogen-bond acceptors (Lipinski definition) is 4. The van der Waals surface area contributed by atoms with Gasteiger partial charge >= 0.3 is 11.8 Å². The molecular weight excluding hydrogens is 382 g/mol. The zero-order chi connectivity index (χ0) is 20.1. The van der Waals surface area contributed by atoms with Crippen LogP contribution >= 0.6 is 11.6 Å². The number of halogens is 1. The minimum Gasteiger partial charge on any atom is -0.495 e. The van der Waals surface area contributed by atoms with Crippen LogP contribution in [0.2, 0.25) is 5.02 Å². The molecule has 8 heteroatoms. The van der Waals surface area contributed by atoms with Crippen LogP contribution in [0.5, 0.6) is 5.75 Å². The molecular formula is C20H20ClN3O4. The van der Waals surface area contributed by atoms with Gasteiger partial charge < -0.3 is 20.3 Å². The summed E-state index contributed by atoms with van der Waals surface area (Å²) in [6, 6.07) is 11.6. The molecule has 3 amide bonds. The molecule has 146 valence electrons. The van der Waals surface area contributed by atoms with Gasteiger partial charge in [-0.1, -0.05) is 17.7 Å². The van der Waals surface area contributed by atoms with Crippen LogP contribution in [-0.4, -0.2) is 31.4 Å². The number of ether oxygens (including phenoxy) is 1. The number of rotatable bonds is 4. The van der Waals surface area contributed by atoms with Crippen LogP contribution in [0.4, 0.5) is 17.1 Å². The quantitative estimate of drug-likeness (QED) is 0.768. The zero-order valence-electron chi connectivity index (χ0n) is 15.3. The first-order valence-electron chi connectivity index (χ1n) is 8.84. The molecule has 2 aromatic rings. The van der Waals surface area contributed by atoms with Crippen LogP contribution in [0.3, 0.4) is 0 Å². The first kappa shape index (κ1) is 19.7. The van der Waals surface area contributed by atoms with Gasteiger partial charge in [0.05, 0.1) is 12.8 Å². The largest absolute Gasteiger partial charge is 0.495 e. The Balaban J connectivity index is 1.69. The van der Waals surface area contributed by atoms with Gasteiger partial charge in [-0.05, 0) is 49.2 Å². The van der Waals surface area contributed by atoms with E-state index < -0.39 is 11.8 Å². The van der Waals surface area contributed by atoms with Crippen molar-refractivity contribution in [3.8, 4) is 5.75 Å². The monoisotopic (exact) mass is 401 g/mol. The number of carbonyl (C=O) groups is 3. The third-order valence-corrected chi connectivity index (χ3v) is 4.59. The number of carbonyl (C=O) groups excluding carboxylic acids is 3. The molecule has 1 heterocycles. The summed E-state index contributed by atoms with van der Waals surface area (Å²) in [5.41, 5.74) is 1.41. The Morgan fingerprint density at radius 3 is 2.61 bits per heavy atom. The lowest BCUT2D eigenvalue weighted by molar-refractivity contribution is -0.133. The van der Waals surface area contributed by atoms with Crippen molar-refractivity contribution in [2.24, 2.45) is 0 Å². The Labute approximate surface area is 167 Å². The van der Waals surface area contributed by atoms with Crippen molar-refractivity contribution in [3.05, 3.63) is 47.5 Å². The Morgan fingerprint density at radius 2 is 1.86 bits per heavy atom. The predicted molar refractivity (Wildman–Crippen MR) is 108 cm³/mol. The van der Waals surface area contributed by atoms with E-state index in [0.29, 0.717) is 40.8 Å². The Morgan fingerprint density at radius 1 is 1.07 bits per heavy atom. The Hall–Kier alpha value is -3.06. The molecule has 1 aliphatic heterocycles. The average molecular weight is 402 g/mol. The zero-order valence-corrected chi connectivity index (χ0v) is 16.1. The van der Waals surface area contributed by atoms with E-state index >= 15 is 0 Å². The summed E-state index contributed by atoms with van der Waals surface area (Å²) in [5.74, 6) is -1.26. The molecule has 1 saturated heterocycles. The highest BCUT2D eigenvalue weighted by molar-refractivity contribution is 6.44. The number of piperidine rings is 1. The second-order valence-electron chi connectivity index (χ2n) is 6.31. The van der Waals surface area contributed by atoms with Gasteiger partial charge in [-0.15, -0.1) is 0 Å². The topological polar surface area (TPSA) is 87.7 Å². The van der Waals surface area contributed by atoms with Crippen molar-refractivity contribution in [3.63, 3.8) is 0 Å². The Bertz CT molecular complexity index is 916. The standard InChI is InChI=1S/C20H20ClN3O4/c1-28-17-9-8-13(21)11-16(17)23-20(27)19(26)22-14-5-4-6-15(12-14)24-10-3-2-7-18(24)25/h4-6,8-9,11-12H,2-3,7,10H2,1H3,(H,22,26)(H,23,27). The number of hydrogen-bond donors (Lipinski definition) is 2. The van der Waals surface area contributed by atoms with E-state index in [1.54, 1.807) is 41.3 Å². The molecule has 0 aliphatic carbocycles. The van der Waals surface area contributed by atoms with Gasteiger partial charge in [0, 0.05) is 29.4 Å². The lowest BCUT2D eigenvalue weighted by atomic mass is 10.1. The summed E-state index contributed by atoms with van der Waals surface area (Å²) in [6.45, 7) is 0.644. The molecule has 0 atom stereocenters. The molecule has 1 aliphatic rings. The van der Waals surface area contributed by atoms with E-state index in [0.717, 1.165) is 12.8 Å². The highest BCUT2D eigenvalue weighted by Crippen LogP contribution is 2.28. The Kier molecular flexibility index (Phi) is 6.16. The number of anilines is 3. The molecule has 2 aromatic carbocycles. The minimum atomic E-state index is -0.861. The van der Waals surface area contributed by atoms with Crippen molar-refractivity contribution in [2.45, 2.75) is 19.3 Å². The third-order valence-electron chi connectivity index (χ3n) is 4.36. The molecule has 0 aromatic heterocycles. The fraction of sp³-hybridized carbons (Fsp3) is 0.250. The van der Waals surface area contributed by atoms with Gasteiger partial charge in [0.25, 0.3) is 0 Å². The minimum absolute atomic E-state index is 0.0560. The summed E-state index contributed by atoms with van der Waals surface area (Å²) in [7, 11) is 1.45. The van der Waals surface area contributed by atoms with E-state index in [1.165, 1.54) is 13.2 Å². The van der Waals surface area contributed by atoms with Gasteiger partial charge in [-0.2, -0.15) is 0 Å². The average Bonchev–Trinajstić information content (AvgIpc) is 2.68. The van der Waals surface area contributed by atoms with Crippen LogP contribution in [-0.2, 0) is 14.4 Å². The van der Waals surface area contributed by atoms with E-state index in [2.05, 4.69) is 10.6 Å². The first-order valence-corrected chi connectivity index (χ1v) is 9.22. The van der Waals surface area contributed by atoms with Crippen molar-refractivity contribution in [1.29, 1.82) is 0 Å². The number of nitrogens with one attached hydrogen (secondary N) is 2. The fourth-order valence-electron chi connectivity index (χ4n) is 2.98. The second kappa shape index (κ2) is 8.75. The summed E-state index contributed by atoms with van der Waals surface area (Å²) in [6.07, 6.45) is 2.34. The van der Waals surface area contributed by atoms with Gasteiger partial charge in [-0.3, -0.25) is 14.4 Å². The summed E-state index contributed by atoms with van der Waals surface area (Å²) >= 11 is 5.93. The van der Waals surface area contributed by atoms with E-state index in [4.69, 9.17) is 16.3 Å². The second-order valence-corrected chi connectivity index (χ2v) is 6.74. The SMILES string of the molecule is COc1ccc(Cl)cc1NC(=O)C(=O)Nc1cccc(N2CCCCC2=O)c1. The van der Waals surface area contributed by atoms with Crippen molar-refractivity contribution >= 4 is 46.4 Å². The van der Waals surface area contributed by atoms with Gasteiger partial charge in [0.15, 0.2) is 0 Å². The summed E-state index contributed by atoms with van der Waals surface area (Å²) < 4.78 is 5.15. The van der Waals surface area contributed by atoms with Crippen molar-refractivity contribution < 1.29 is 19.1 Å². The lowest BCUT2D eigenvalue weighted by Crippen LogP contribution is -2.35. The molecule has 0 unspecified atom stereocenters. The molecule has 0 saturated carbocycles. The number of amides is 3. The van der Waals surface area contributed by atoms with Gasteiger partial charge in [0.2, 0.25) is 5.91 Å². The lowest BCUT2D eigenvalue weighted by Gasteiger charge is -2.27. The summed E-state index contributed by atoms with van der Waals surface area (Å²) in [4.78, 5) is 38.3. The van der Waals surface area contributed by atoms with Crippen LogP contribution in [0.15, 0.2) is 42.5 Å². The molecule has 2 N–H and O–H groups in total. The maximum atomic E-state index is 12.3. The number of benzene rings is 2. The van der Waals surface area contributed by atoms with Gasteiger partial charge in [0.1, 0.15) is 5.75 Å². The van der Waals surface area contributed by atoms with E-state index in [-0.39, 0.29) is 5.91 Å². The van der Waals surface area contributed by atoms with Crippen LogP contribution in [0.25, 0.3) is 0 Å². The first-order chi connectivity index (χ1) is 13.5. The highest BCUT2D eigenvalue weighted by atomic mass is 35.5. The number of methoxy groups -OCH3 is 1. The maximum Gasteiger partial charge on any atom is 0.314 e.